The van der Waals surface area contributed by atoms with E-state index < -0.39 is 22.0 Å². The van der Waals surface area contributed by atoms with Gasteiger partial charge in [-0.05, 0) is 48.7 Å². The number of ether oxygens (including phenoxy) is 2. The van der Waals surface area contributed by atoms with Gasteiger partial charge in [-0.1, -0.05) is 42.5 Å². The van der Waals surface area contributed by atoms with Gasteiger partial charge in [0.2, 0.25) is 15.9 Å². The summed E-state index contributed by atoms with van der Waals surface area (Å²) in [6.07, 6.45) is 0.171. The topological polar surface area (TPSA) is 93.7 Å². The molecule has 2 N–H and O–H groups in total. The molecule has 32 heavy (non-hydrogen) atoms. The van der Waals surface area contributed by atoms with Gasteiger partial charge < -0.3 is 14.8 Å². The van der Waals surface area contributed by atoms with E-state index in [0.29, 0.717) is 11.4 Å². The van der Waals surface area contributed by atoms with E-state index in [1.807, 2.05) is 30.3 Å². The van der Waals surface area contributed by atoms with Crippen molar-refractivity contribution in [3.63, 3.8) is 0 Å². The predicted octanol–water partition coefficient (Wildman–Crippen LogP) is 3.54. The largest absolute Gasteiger partial charge is 0.497 e. The van der Waals surface area contributed by atoms with Gasteiger partial charge in [0.25, 0.3) is 0 Å². The Bertz CT molecular complexity index is 1180. The molecule has 3 rings (SSSR count). The second kappa shape index (κ2) is 10.3. The smallest absolute Gasteiger partial charge is 0.245 e. The van der Waals surface area contributed by atoms with Crippen LogP contribution in [-0.4, -0.2) is 34.6 Å². The van der Waals surface area contributed by atoms with Crippen LogP contribution in [-0.2, 0) is 21.2 Å². The molecule has 1 atom stereocenters. The van der Waals surface area contributed by atoms with Crippen molar-refractivity contribution in [3.8, 4) is 11.5 Å². The highest BCUT2D eigenvalue weighted by molar-refractivity contribution is 7.89. The van der Waals surface area contributed by atoms with Gasteiger partial charge in [0, 0.05) is 11.8 Å². The van der Waals surface area contributed by atoms with E-state index in [1.54, 1.807) is 43.3 Å². The maximum absolute atomic E-state index is 13.2. The summed E-state index contributed by atoms with van der Waals surface area (Å²) in [6, 6.07) is 19.9. The number of benzene rings is 3. The van der Waals surface area contributed by atoms with Crippen LogP contribution in [0.5, 0.6) is 11.5 Å². The number of carbonyl (C=O) groups is 1. The molecule has 0 aliphatic heterocycles. The van der Waals surface area contributed by atoms with Crippen molar-refractivity contribution in [2.24, 2.45) is 0 Å². The molecule has 3 aromatic carbocycles. The Morgan fingerprint density at radius 2 is 1.69 bits per heavy atom. The average Bonchev–Trinajstić information content (AvgIpc) is 2.79. The van der Waals surface area contributed by atoms with Gasteiger partial charge in [0.15, 0.2) is 0 Å². The molecule has 8 heteroatoms. The SMILES string of the molecule is COc1cccc(NC(=O)[C@@H](Cc2ccccc2)NS(=O)(=O)c2cc(C)ccc2OC)c1. The quantitative estimate of drug-likeness (QED) is 0.516. The fourth-order valence-electron chi connectivity index (χ4n) is 3.21. The first-order chi connectivity index (χ1) is 15.3. The van der Waals surface area contributed by atoms with Gasteiger partial charge in [0.05, 0.1) is 14.2 Å². The van der Waals surface area contributed by atoms with Crippen LogP contribution in [0.4, 0.5) is 5.69 Å². The number of amides is 1. The molecule has 7 nitrogen and oxygen atoms in total. The summed E-state index contributed by atoms with van der Waals surface area (Å²) in [7, 11) is -1.12. The lowest BCUT2D eigenvalue weighted by molar-refractivity contribution is -0.117. The lowest BCUT2D eigenvalue weighted by Gasteiger charge is -2.20. The molecule has 0 unspecified atom stereocenters. The van der Waals surface area contributed by atoms with E-state index >= 15 is 0 Å². The summed E-state index contributed by atoms with van der Waals surface area (Å²) >= 11 is 0. The average molecular weight is 455 g/mol. The standard InChI is InChI=1S/C24H26N2O5S/c1-17-12-13-22(31-3)23(14-17)32(28,29)26-21(15-18-8-5-4-6-9-18)24(27)25-19-10-7-11-20(16-19)30-2/h4-14,16,21,26H,15H2,1-3H3,(H,25,27)/t21-/m1/s1. The van der Waals surface area contributed by atoms with Crippen LogP contribution in [0.3, 0.4) is 0 Å². The monoisotopic (exact) mass is 454 g/mol. The number of aryl methyl sites for hydroxylation is 1. The Labute approximate surface area is 188 Å². The highest BCUT2D eigenvalue weighted by atomic mass is 32.2. The number of hydrogen-bond acceptors (Lipinski definition) is 5. The Morgan fingerprint density at radius 1 is 0.938 bits per heavy atom. The molecule has 0 spiro atoms. The zero-order valence-corrected chi connectivity index (χ0v) is 19.0. The van der Waals surface area contributed by atoms with Crippen molar-refractivity contribution in [1.82, 2.24) is 4.72 Å². The number of nitrogens with one attached hydrogen (secondary N) is 2. The minimum Gasteiger partial charge on any atom is -0.497 e. The number of rotatable bonds is 9. The third-order valence-corrected chi connectivity index (χ3v) is 6.34. The third-order valence-electron chi connectivity index (χ3n) is 4.84. The molecule has 0 radical (unpaired) electrons. The van der Waals surface area contributed by atoms with E-state index in [2.05, 4.69) is 10.0 Å². The van der Waals surface area contributed by atoms with Gasteiger partial charge >= 0.3 is 0 Å². The molecule has 1 amide bonds. The van der Waals surface area contributed by atoms with E-state index in [-0.39, 0.29) is 17.1 Å². The molecule has 0 aliphatic carbocycles. The molecular weight excluding hydrogens is 428 g/mol. The number of hydrogen-bond donors (Lipinski definition) is 2. The first-order valence-corrected chi connectivity index (χ1v) is 11.5. The maximum atomic E-state index is 13.2. The lowest BCUT2D eigenvalue weighted by Crippen LogP contribution is -2.45. The molecule has 0 bridgehead atoms. The van der Waals surface area contributed by atoms with Crippen LogP contribution in [0, 0.1) is 6.92 Å². The fraction of sp³-hybridized carbons (Fsp3) is 0.208. The van der Waals surface area contributed by atoms with Gasteiger partial charge in [-0.3, -0.25) is 4.79 Å². The normalized spacial score (nSPS) is 12.1. The van der Waals surface area contributed by atoms with Crippen LogP contribution >= 0.6 is 0 Å². The summed E-state index contributed by atoms with van der Waals surface area (Å²) in [6.45, 7) is 1.79. The molecule has 0 heterocycles. The molecule has 3 aromatic rings. The number of methoxy groups -OCH3 is 2. The minimum atomic E-state index is -4.06. The summed E-state index contributed by atoms with van der Waals surface area (Å²) in [4.78, 5) is 13.1. The highest BCUT2D eigenvalue weighted by Crippen LogP contribution is 2.25. The van der Waals surface area contributed by atoms with Crippen LogP contribution in [0.2, 0.25) is 0 Å². The number of sulfonamides is 1. The van der Waals surface area contributed by atoms with E-state index in [0.717, 1.165) is 11.1 Å². The van der Waals surface area contributed by atoms with Gasteiger partial charge in [-0.15, -0.1) is 0 Å². The van der Waals surface area contributed by atoms with E-state index in [1.165, 1.54) is 20.3 Å². The van der Waals surface area contributed by atoms with Gasteiger partial charge in [0.1, 0.15) is 22.4 Å². The van der Waals surface area contributed by atoms with Crippen molar-refractivity contribution in [2.75, 3.05) is 19.5 Å². The van der Waals surface area contributed by atoms with Crippen LogP contribution in [0.15, 0.2) is 77.7 Å². The van der Waals surface area contributed by atoms with E-state index in [9.17, 15) is 13.2 Å². The predicted molar refractivity (Wildman–Crippen MR) is 124 cm³/mol. The highest BCUT2D eigenvalue weighted by Gasteiger charge is 2.28. The second-order valence-corrected chi connectivity index (χ2v) is 8.92. The summed E-state index contributed by atoms with van der Waals surface area (Å²) in [5.41, 5.74) is 2.07. The zero-order chi connectivity index (χ0) is 23.1. The maximum Gasteiger partial charge on any atom is 0.245 e. The first kappa shape index (κ1) is 23.3. The van der Waals surface area contributed by atoms with E-state index in [4.69, 9.17) is 9.47 Å². The van der Waals surface area contributed by atoms with Crippen LogP contribution in [0.25, 0.3) is 0 Å². The number of anilines is 1. The van der Waals surface area contributed by atoms with Crippen molar-refractivity contribution in [2.45, 2.75) is 24.3 Å². The Balaban J connectivity index is 1.92. The molecule has 168 valence electrons. The Kier molecular flexibility index (Phi) is 7.50. The van der Waals surface area contributed by atoms with Crippen molar-refractivity contribution in [1.29, 1.82) is 0 Å². The fourth-order valence-corrected chi connectivity index (χ4v) is 4.66. The Hall–Kier alpha value is -3.36. The van der Waals surface area contributed by atoms with Gasteiger partial charge in [-0.2, -0.15) is 4.72 Å². The van der Waals surface area contributed by atoms with Crippen molar-refractivity contribution < 1.29 is 22.7 Å². The first-order valence-electron chi connectivity index (χ1n) is 9.98. The van der Waals surface area contributed by atoms with Crippen molar-refractivity contribution in [3.05, 3.63) is 83.9 Å². The summed E-state index contributed by atoms with van der Waals surface area (Å²) < 4.78 is 39.4. The van der Waals surface area contributed by atoms with Crippen LogP contribution < -0.4 is 19.5 Å². The van der Waals surface area contributed by atoms with Gasteiger partial charge in [-0.25, -0.2) is 8.42 Å². The number of carbonyl (C=O) groups excluding carboxylic acids is 1. The summed E-state index contributed by atoms with van der Waals surface area (Å²) in [5, 5.41) is 2.77. The molecule has 0 saturated heterocycles. The lowest BCUT2D eigenvalue weighted by atomic mass is 10.1. The zero-order valence-electron chi connectivity index (χ0n) is 18.2. The minimum absolute atomic E-state index is 0.0211. The van der Waals surface area contributed by atoms with Crippen molar-refractivity contribution >= 4 is 21.6 Å². The molecule has 0 saturated carbocycles. The second-order valence-electron chi connectivity index (χ2n) is 7.24. The molecule has 0 aromatic heterocycles. The molecule has 0 fully saturated rings. The van der Waals surface area contributed by atoms with Crippen LogP contribution in [0.1, 0.15) is 11.1 Å². The summed E-state index contributed by atoms with van der Waals surface area (Å²) in [5.74, 6) is 0.291. The Morgan fingerprint density at radius 3 is 2.38 bits per heavy atom. The molecule has 0 aliphatic rings. The molecular formula is C24H26N2O5S. The third kappa shape index (κ3) is 5.87.